The normalized spacial score (nSPS) is 13.3. The van der Waals surface area contributed by atoms with Gasteiger partial charge in [0.25, 0.3) is 5.91 Å². The molecule has 1 amide bonds. The van der Waals surface area contributed by atoms with Gasteiger partial charge in [0.1, 0.15) is 18.2 Å². The van der Waals surface area contributed by atoms with E-state index >= 15 is 0 Å². The average Bonchev–Trinajstić information content (AvgIpc) is 3.20. The molecule has 0 spiro atoms. The van der Waals surface area contributed by atoms with Gasteiger partial charge in [-0.05, 0) is 48.7 Å². The van der Waals surface area contributed by atoms with Crippen molar-refractivity contribution in [3.63, 3.8) is 0 Å². The van der Waals surface area contributed by atoms with Crippen molar-refractivity contribution in [2.45, 2.75) is 19.4 Å². The molecule has 4 nitrogen and oxygen atoms in total. The number of benzene rings is 2. The zero-order valence-electron chi connectivity index (χ0n) is 14.0. The Morgan fingerprint density at radius 3 is 2.85 bits per heavy atom. The first kappa shape index (κ1) is 16.7. The topological polar surface area (TPSA) is 42.4 Å². The average molecular weight is 368 g/mol. The highest BCUT2D eigenvalue weighted by Crippen LogP contribution is 2.31. The van der Waals surface area contributed by atoms with Crippen molar-refractivity contribution in [1.82, 2.24) is 4.98 Å². The molecule has 6 heteroatoms. The zero-order valence-corrected chi connectivity index (χ0v) is 14.8. The number of nitrogens with zero attached hydrogens (tertiary/aromatic N) is 2. The lowest BCUT2D eigenvalue weighted by Gasteiger charge is -2.30. The summed E-state index contributed by atoms with van der Waals surface area (Å²) in [6, 6.07) is 11.9. The number of halogens is 1. The number of para-hydroxylation sites is 1. The van der Waals surface area contributed by atoms with Crippen LogP contribution in [0.2, 0.25) is 0 Å². The fraction of sp³-hybridized carbons (Fsp3) is 0.200. The van der Waals surface area contributed by atoms with E-state index < -0.39 is 0 Å². The fourth-order valence-electron chi connectivity index (χ4n) is 3.12. The molecular formula is C20H17FN2O2S. The molecule has 2 heterocycles. The van der Waals surface area contributed by atoms with Crippen LogP contribution in [0.5, 0.6) is 5.75 Å². The number of hydrogen-bond donors (Lipinski definition) is 0. The number of aromatic nitrogens is 1. The van der Waals surface area contributed by atoms with Gasteiger partial charge in [-0.3, -0.25) is 4.79 Å². The first-order valence-corrected chi connectivity index (χ1v) is 9.36. The molecule has 0 saturated carbocycles. The minimum absolute atomic E-state index is 0.192. The second kappa shape index (κ2) is 7.25. The molecule has 3 aromatic rings. The molecule has 1 aromatic heterocycles. The maximum atomic E-state index is 14.3. The summed E-state index contributed by atoms with van der Waals surface area (Å²) >= 11 is 1.52. The van der Waals surface area contributed by atoms with E-state index in [4.69, 9.17) is 4.74 Å². The highest BCUT2D eigenvalue weighted by molar-refractivity contribution is 7.07. The van der Waals surface area contributed by atoms with E-state index in [0.29, 0.717) is 30.2 Å². The number of hydrogen-bond acceptors (Lipinski definition) is 4. The Kier molecular flexibility index (Phi) is 4.67. The summed E-state index contributed by atoms with van der Waals surface area (Å²) in [6.07, 6.45) is 1.62. The van der Waals surface area contributed by atoms with Gasteiger partial charge in [-0.15, -0.1) is 11.3 Å². The van der Waals surface area contributed by atoms with Gasteiger partial charge >= 0.3 is 0 Å². The highest BCUT2D eigenvalue weighted by atomic mass is 32.1. The van der Waals surface area contributed by atoms with Gasteiger partial charge in [-0.1, -0.05) is 12.1 Å². The Morgan fingerprint density at radius 2 is 2.08 bits per heavy atom. The molecule has 0 bridgehead atoms. The van der Waals surface area contributed by atoms with Crippen molar-refractivity contribution in [1.29, 1.82) is 0 Å². The summed E-state index contributed by atoms with van der Waals surface area (Å²) in [7, 11) is 0. The number of rotatable bonds is 4. The number of thiazole rings is 1. The van der Waals surface area contributed by atoms with Crippen LogP contribution in [-0.4, -0.2) is 17.4 Å². The Balaban J connectivity index is 1.51. The van der Waals surface area contributed by atoms with E-state index in [1.807, 2.05) is 11.4 Å². The lowest BCUT2D eigenvalue weighted by Crippen LogP contribution is -2.36. The van der Waals surface area contributed by atoms with Crippen LogP contribution in [0.1, 0.15) is 28.0 Å². The monoisotopic (exact) mass is 368 g/mol. The van der Waals surface area contributed by atoms with Crippen molar-refractivity contribution >= 4 is 22.9 Å². The second-order valence-electron chi connectivity index (χ2n) is 6.10. The number of anilines is 1. The van der Waals surface area contributed by atoms with E-state index in [1.165, 1.54) is 17.4 Å². The third kappa shape index (κ3) is 3.32. The molecule has 0 aliphatic carbocycles. The van der Waals surface area contributed by atoms with Crippen molar-refractivity contribution in [2.24, 2.45) is 0 Å². The number of carbonyl (C=O) groups excluding carboxylic acids is 1. The van der Waals surface area contributed by atoms with Gasteiger partial charge in [0.15, 0.2) is 0 Å². The van der Waals surface area contributed by atoms with Crippen molar-refractivity contribution in [3.8, 4) is 5.75 Å². The maximum absolute atomic E-state index is 14.3. The predicted octanol–water partition coefficient (Wildman–Crippen LogP) is 4.45. The summed E-state index contributed by atoms with van der Waals surface area (Å²) in [5.41, 5.74) is 4.44. The molecule has 0 N–H and O–H groups in total. The number of fused-ring (bicyclic) bond motifs is 1. The van der Waals surface area contributed by atoms with E-state index in [0.717, 1.165) is 24.1 Å². The van der Waals surface area contributed by atoms with Crippen LogP contribution < -0.4 is 9.64 Å². The second-order valence-corrected chi connectivity index (χ2v) is 6.82. The maximum Gasteiger partial charge on any atom is 0.258 e. The van der Waals surface area contributed by atoms with Gasteiger partial charge < -0.3 is 9.64 Å². The molecule has 4 rings (SSSR count). The molecule has 1 aliphatic heterocycles. The molecule has 0 unspecified atom stereocenters. The number of amides is 1. The molecule has 0 radical (unpaired) electrons. The van der Waals surface area contributed by atoms with Gasteiger partial charge in [-0.25, -0.2) is 9.37 Å². The van der Waals surface area contributed by atoms with Crippen LogP contribution in [0, 0.1) is 5.82 Å². The highest BCUT2D eigenvalue weighted by Gasteiger charge is 2.26. The quantitative estimate of drug-likeness (QED) is 0.683. The van der Waals surface area contributed by atoms with Crippen LogP contribution >= 0.6 is 11.3 Å². The lowest BCUT2D eigenvalue weighted by atomic mass is 10.0. The Morgan fingerprint density at radius 1 is 1.23 bits per heavy atom. The van der Waals surface area contributed by atoms with Crippen molar-refractivity contribution in [3.05, 3.63) is 76.0 Å². The summed E-state index contributed by atoms with van der Waals surface area (Å²) in [5.74, 6) is 0.126. The SMILES string of the molecule is O=C(c1ccc(OCc2cscn2)cc1)N1CCCc2cccc(F)c21. The zero-order chi connectivity index (χ0) is 17.9. The van der Waals surface area contributed by atoms with E-state index in [1.54, 1.807) is 40.7 Å². The molecule has 0 saturated heterocycles. The van der Waals surface area contributed by atoms with Gasteiger partial charge in [0.05, 0.1) is 16.9 Å². The summed E-state index contributed by atoms with van der Waals surface area (Å²) in [4.78, 5) is 18.6. The predicted molar refractivity (Wildman–Crippen MR) is 99.3 cm³/mol. The van der Waals surface area contributed by atoms with Crippen LogP contribution in [-0.2, 0) is 13.0 Å². The third-order valence-corrected chi connectivity index (χ3v) is 5.02. The first-order chi connectivity index (χ1) is 12.7. The minimum atomic E-state index is -0.348. The first-order valence-electron chi connectivity index (χ1n) is 8.41. The smallest absolute Gasteiger partial charge is 0.258 e. The minimum Gasteiger partial charge on any atom is -0.487 e. The Bertz CT molecular complexity index is 910. The fourth-order valence-corrected chi connectivity index (χ4v) is 3.67. The standard InChI is InChI=1S/C20H17FN2O2S/c21-18-5-1-3-14-4-2-10-23(19(14)18)20(24)15-6-8-17(9-7-15)25-11-16-12-26-13-22-16/h1,3,5-9,12-13H,2,4,10-11H2. The number of carbonyl (C=O) groups is 1. The number of ether oxygens (including phenoxy) is 1. The lowest BCUT2D eigenvalue weighted by molar-refractivity contribution is 0.0984. The molecular weight excluding hydrogens is 351 g/mol. The van der Waals surface area contributed by atoms with Crippen molar-refractivity contribution < 1.29 is 13.9 Å². The van der Waals surface area contributed by atoms with Crippen LogP contribution in [0.3, 0.4) is 0 Å². The molecule has 132 valence electrons. The molecule has 0 fully saturated rings. The van der Waals surface area contributed by atoms with Crippen LogP contribution in [0.15, 0.2) is 53.4 Å². The van der Waals surface area contributed by atoms with Gasteiger partial charge in [0, 0.05) is 17.5 Å². The van der Waals surface area contributed by atoms with Gasteiger partial charge in [0.2, 0.25) is 0 Å². The molecule has 2 aromatic carbocycles. The van der Waals surface area contributed by atoms with E-state index in [-0.39, 0.29) is 11.7 Å². The van der Waals surface area contributed by atoms with Crippen LogP contribution in [0.4, 0.5) is 10.1 Å². The summed E-state index contributed by atoms with van der Waals surface area (Å²) < 4.78 is 19.9. The summed E-state index contributed by atoms with van der Waals surface area (Å²) in [5, 5.41) is 1.93. The molecule has 26 heavy (non-hydrogen) atoms. The third-order valence-electron chi connectivity index (χ3n) is 4.38. The van der Waals surface area contributed by atoms with Crippen molar-refractivity contribution in [2.75, 3.05) is 11.4 Å². The number of aryl methyl sites for hydroxylation is 1. The van der Waals surface area contributed by atoms with E-state index in [2.05, 4.69) is 4.98 Å². The largest absolute Gasteiger partial charge is 0.487 e. The van der Waals surface area contributed by atoms with Gasteiger partial charge in [-0.2, -0.15) is 0 Å². The summed E-state index contributed by atoms with van der Waals surface area (Å²) in [6.45, 7) is 0.913. The Labute approximate surface area is 154 Å². The Hall–Kier alpha value is -2.73. The molecule has 1 aliphatic rings. The van der Waals surface area contributed by atoms with E-state index in [9.17, 15) is 9.18 Å². The van der Waals surface area contributed by atoms with Crippen LogP contribution in [0.25, 0.3) is 0 Å². The molecule has 0 atom stereocenters.